The van der Waals surface area contributed by atoms with Crippen molar-refractivity contribution in [2.75, 3.05) is 6.61 Å². The Hall–Kier alpha value is -0.700. The van der Waals surface area contributed by atoms with Gasteiger partial charge in [0.25, 0.3) is 0 Å². The Morgan fingerprint density at radius 2 is 2.29 bits per heavy atom. The fourth-order valence-electron chi connectivity index (χ4n) is 2.68. The number of rotatable bonds is 1. The Morgan fingerprint density at radius 3 is 2.93 bits per heavy atom. The van der Waals surface area contributed by atoms with Crippen molar-refractivity contribution in [1.29, 1.82) is 0 Å². The summed E-state index contributed by atoms with van der Waals surface area (Å²) in [5.74, 6) is 0.517. The third-order valence-electron chi connectivity index (χ3n) is 3.73. The molecule has 3 heteroatoms. The summed E-state index contributed by atoms with van der Waals surface area (Å²) < 4.78 is 5.69. The van der Waals surface area contributed by atoms with Crippen LogP contribution in [0.25, 0.3) is 0 Å². The highest BCUT2D eigenvalue weighted by molar-refractivity contribution is 5.83. The zero-order valence-electron chi connectivity index (χ0n) is 8.71. The largest absolute Gasteiger partial charge is 0.374 e. The minimum absolute atomic E-state index is 0.0516. The van der Waals surface area contributed by atoms with Crippen molar-refractivity contribution in [2.45, 2.75) is 38.7 Å². The summed E-state index contributed by atoms with van der Waals surface area (Å²) in [7, 11) is 0. The lowest BCUT2D eigenvalue weighted by Gasteiger charge is -2.35. The topological polar surface area (TPSA) is 43.4 Å². The molecule has 3 nitrogen and oxygen atoms in total. The predicted molar refractivity (Wildman–Crippen MR) is 50.9 cm³/mol. The molecule has 0 radical (unpaired) electrons. The van der Waals surface area contributed by atoms with E-state index in [0.29, 0.717) is 19.4 Å². The van der Waals surface area contributed by atoms with Gasteiger partial charge in [0.1, 0.15) is 11.6 Å². The zero-order chi connectivity index (χ0) is 10.3. The number of ether oxygens (including phenoxy) is 1. The molecule has 78 valence electrons. The molecule has 3 atom stereocenters. The first kappa shape index (κ1) is 9.84. The van der Waals surface area contributed by atoms with Crippen LogP contribution in [0.15, 0.2) is 0 Å². The van der Waals surface area contributed by atoms with Gasteiger partial charge in [-0.15, -0.1) is 0 Å². The van der Waals surface area contributed by atoms with Gasteiger partial charge in [0.05, 0.1) is 12.2 Å². The van der Waals surface area contributed by atoms with Gasteiger partial charge in [0.15, 0.2) is 0 Å². The van der Waals surface area contributed by atoms with Crippen molar-refractivity contribution in [3.05, 3.63) is 0 Å². The molecular weight excluding hydrogens is 180 g/mol. The number of Topliss-reactive ketones (excluding diaryl/α,β-unsaturated/α-hetero) is 2. The molecule has 2 fully saturated rings. The maximum Gasteiger partial charge on any atom is 0.135 e. The van der Waals surface area contributed by atoms with Crippen molar-refractivity contribution in [3.8, 4) is 0 Å². The van der Waals surface area contributed by atoms with E-state index in [-0.39, 0.29) is 29.0 Å². The van der Waals surface area contributed by atoms with Crippen LogP contribution in [0, 0.1) is 11.8 Å². The van der Waals surface area contributed by atoms with Crippen LogP contribution in [-0.2, 0) is 14.3 Å². The van der Waals surface area contributed by atoms with E-state index in [0.717, 1.165) is 6.42 Å². The summed E-state index contributed by atoms with van der Waals surface area (Å²) in [6, 6.07) is 0. The Balaban J connectivity index is 2.22. The highest BCUT2D eigenvalue weighted by atomic mass is 16.5. The molecule has 2 aliphatic rings. The second kappa shape index (κ2) is 3.16. The van der Waals surface area contributed by atoms with E-state index in [1.54, 1.807) is 6.92 Å². The second-order valence-corrected chi connectivity index (χ2v) is 4.69. The molecule has 1 saturated heterocycles. The monoisotopic (exact) mass is 196 g/mol. The lowest BCUT2D eigenvalue weighted by molar-refractivity contribution is -0.128. The lowest BCUT2D eigenvalue weighted by atomic mass is 9.71. The third-order valence-corrected chi connectivity index (χ3v) is 3.73. The fraction of sp³-hybridized carbons (Fsp3) is 0.818. The Kier molecular flexibility index (Phi) is 2.22. The lowest BCUT2D eigenvalue weighted by Crippen LogP contribution is -2.40. The van der Waals surface area contributed by atoms with Crippen LogP contribution in [0.1, 0.15) is 33.1 Å². The van der Waals surface area contributed by atoms with Crippen LogP contribution in [-0.4, -0.2) is 23.8 Å². The molecule has 0 aromatic heterocycles. The van der Waals surface area contributed by atoms with E-state index in [2.05, 4.69) is 0 Å². The van der Waals surface area contributed by atoms with Crippen LogP contribution in [0.2, 0.25) is 0 Å². The Bertz CT molecular complexity index is 284. The van der Waals surface area contributed by atoms with Crippen LogP contribution in [0.5, 0.6) is 0 Å². The Morgan fingerprint density at radius 1 is 1.57 bits per heavy atom. The van der Waals surface area contributed by atoms with E-state index in [1.165, 1.54) is 0 Å². The molecule has 0 aromatic carbocycles. The molecule has 1 aliphatic carbocycles. The minimum Gasteiger partial charge on any atom is -0.374 e. The van der Waals surface area contributed by atoms with Crippen molar-refractivity contribution < 1.29 is 14.3 Å². The summed E-state index contributed by atoms with van der Waals surface area (Å²) in [4.78, 5) is 22.7. The maximum atomic E-state index is 11.4. The summed E-state index contributed by atoms with van der Waals surface area (Å²) in [5.41, 5.74) is -0.218. The molecule has 0 bridgehead atoms. The molecule has 0 N–H and O–H groups in total. The average Bonchev–Trinajstić information content (AvgIpc) is 2.43. The first-order chi connectivity index (χ1) is 6.53. The number of carbonyl (C=O) groups is 2. The van der Waals surface area contributed by atoms with Gasteiger partial charge in [-0.05, 0) is 20.3 Å². The highest BCUT2D eigenvalue weighted by Gasteiger charge is 2.50. The normalized spacial score (nSPS) is 42.3. The number of carbonyl (C=O) groups excluding carboxylic acids is 2. The van der Waals surface area contributed by atoms with E-state index >= 15 is 0 Å². The second-order valence-electron chi connectivity index (χ2n) is 4.69. The molecule has 1 saturated carbocycles. The zero-order valence-corrected chi connectivity index (χ0v) is 8.71. The van der Waals surface area contributed by atoms with Gasteiger partial charge in [0.2, 0.25) is 0 Å². The molecule has 1 aliphatic heterocycles. The number of hydrogen-bond acceptors (Lipinski definition) is 3. The van der Waals surface area contributed by atoms with Crippen LogP contribution < -0.4 is 0 Å². The van der Waals surface area contributed by atoms with Gasteiger partial charge < -0.3 is 4.74 Å². The third kappa shape index (κ3) is 1.40. The Labute approximate surface area is 83.8 Å². The standard InChI is InChI=1S/C11H16O3/c1-7(12)9-6-14-11(2)4-3-8(13)5-10(9)11/h9-10H,3-6H2,1-2H3/t9-,10+,11+/m0/s1. The molecular formula is C11H16O3. The summed E-state index contributed by atoms with van der Waals surface area (Å²) in [6.07, 6.45) is 1.92. The van der Waals surface area contributed by atoms with Crippen LogP contribution in [0.4, 0.5) is 0 Å². The maximum absolute atomic E-state index is 11.4. The van der Waals surface area contributed by atoms with Gasteiger partial charge in [0, 0.05) is 24.7 Å². The first-order valence-electron chi connectivity index (χ1n) is 5.19. The fourth-order valence-corrected chi connectivity index (χ4v) is 2.68. The van der Waals surface area contributed by atoms with E-state index in [4.69, 9.17) is 4.74 Å². The van der Waals surface area contributed by atoms with Gasteiger partial charge in [-0.2, -0.15) is 0 Å². The van der Waals surface area contributed by atoms with Gasteiger partial charge in [-0.1, -0.05) is 0 Å². The van der Waals surface area contributed by atoms with Crippen molar-refractivity contribution in [1.82, 2.24) is 0 Å². The molecule has 2 rings (SSSR count). The average molecular weight is 196 g/mol. The number of fused-ring (bicyclic) bond motifs is 1. The summed E-state index contributed by atoms with van der Waals surface area (Å²) in [5, 5.41) is 0. The van der Waals surface area contributed by atoms with E-state index in [1.807, 2.05) is 6.92 Å². The van der Waals surface area contributed by atoms with E-state index in [9.17, 15) is 9.59 Å². The van der Waals surface area contributed by atoms with Gasteiger partial charge >= 0.3 is 0 Å². The van der Waals surface area contributed by atoms with Crippen LogP contribution in [0.3, 0.4) is 0 Å². The van der Waals surface area contributed by atoms with Crippen molar-refractivity contribution in [3.63, 3.8) is 0 Å². The highest BCUT2D eigenvalue weighted by Crippen LogP contribution is 2.45. The molecule has 0 spiro atoms. The smallest absolute Gasteiger partial charge is 0.135 e. The van der Waals surface area contributed by atoms with Gasteiger partial charge in [-0.25, -0.2) is 0 Å². The molecule has 0 aromatic rings. The molecule has 0 unspecified atom stereocenters. The first-order valence-corrected chi connectivity index (χ1v) is 5.19. The van der Waals surface area contributed by atoms with Crippen molar-refractivity contribution >= 4 is 11.6 Å². The van der Waals surface area contributed by atoms with E-state index < -0.39 is 0 Å². The van der Waals surface area contributed by atoms with Crippen LogP contribution >= 0.6 is 0 Å². The SMILES string of the molecule is CC(=O)[C@@H]1CO[C@]2(C)CCC(=O)C[C@H]12. The van der Waals surface area contributed by atoms with Gasteiger partial charge in [-0.3, -0.25) is 9.59 Å². The molecule has 14 heavy (non-hydrogen) atoms. The predicted octanol–water partition coefficient (Wildman–Crippen LogP) is 1.35. The quantitative estimate of drug-likeness (QED) is 0.635. The van der Waals surface area contributed by atoms with Crippen molar-refractivity contribution in [2.24, 2.45) is 11.8 Å². The number of ketones is 2. The number of hydrogen-bond donors (Lipinski definition) is 0. The summed E-state index contributed by atoms with van der Waals surface area (Å²) in [6.45, 7) is 4.13. The molecule has 0 amide bonds. The summed E-state index contributed by atoms with van der Waals surface area (Å²) >= 11 is 0. The minimum atomic E-state index is -0.218. The molecule has 1 heterocycles.